The van der Waals surface area contributed by atoms with Crippen LogP contribution in [0.25, 0.3) is 0 Å². The Balaban J connectivity index is 1.48. The summed E-state index contributed by atoms with van der Waals surface area (Å²) in [6, 6.07) is 12.1. The van der Waals surface area contributed by atoms with Gasteiger partial charge in [0, 0.05) is 40.7 Å². The molecule has 5 nitrogen and oxygen atoms in total. The first-order chi connectivity index (χ1) is 14.9. The number of nitrogens with zero attached hydrogens (tertiary/aromatic N) is 1. The average molecular weight is 444 g/mol. The molecule has 2 aliphatic rings. The predicted octanol–water partition coefficient (Wildman–Crippen LogP) is 5.24. The summed E-state index contributed by atoms with van der Waals surface area (Å²) in [5.41, 5.74) is 3.38. The highest BCUT2D eigenvalue weighted by molar-refractivity contribution is 6.31. The lowest BCUT2D eigenvalue weighted by Crippen LogP contribution is -2.47. The van der Waals surface area contributed by atoms with Crippen molar-refractivity contribution in [2.45, 2.75) is 51.0 Å². The van der Waals surface area contributed by atoms with E-state index in [4.69, 9.17) is 26.2 Å². The van der Waals surface area contributed by atoms with Crippen molar-refractivity contribution in [3.63, 3.8) is 0 Å². The van der Waals surface area contributed by atoms with Gasteiger partial charge in [-0.05, 0) is 43.0 Å². The highest BCUT2D eigenvalue weighted by Crippen LogP contribution is 2.45. The van der Waals surface area contributed by atoms with E-state index in [0.717, 1.165) is 48.0 Å². The molecule has 4 rings (SSSR count). The second kappa shape index (κ2) is 9.09. The van der Waals surface area contributed by atoms with Crippen LogP contribution in [0.5, 0.6) is 11.5 Å². The third kappa shape index (κ3) is 4.68. The monoisotopic (exact) mass is 443 g/mol. The Bertz CT molecular complexity index is 961. The van der Waals surface area contributed by atoms with E-state index < -0.39 is 5.97 Å². The van der Waals surface area contributed by atoms with Crippen molar-refractivity contribution in [1.29, 1.82) is 0 Å². The molecule has 31 heavy (non-hydrogen) atoms. The number of hydrogen-bond donors (Lipinski definition) is 1. The SMILES string of the molecule is CC(C)c1cccc(Cl)c1COc1ccc2c(c1)OCC21CCCN(CCC(=O)O)C1. The molecular formula is C25H30ClNO4. The van der Waals surface area contributed by atoms with E-state index in [1.807, 2.05) is 24.3 Å². The summed E-state index contributed by atoms with van der Waals surface area (Å²) < 4.78 is 12.2. The molecule has 1 N–H and O–H groups in total. The Labute approximate surface area is 188 Å². The lowest BCUT2D eigenvalue weighted by molar-refractivity contribution is -0.137. The zero-order valence-corrected chi connectivity index (χ0v) is 19.0. The fraction of sp³-hybridized carbons (Fsp3) is 0.480. The van der Waals surface area contributed by atoms with Gasteiger partial charge in [-0.25, -0.2) is 0 Å². The fourth-order valence-electron chi connectivity index (χ4n) is 4.88. The van der Waals surface area contributed by atoms with Crippen molar-refractivity contribution in [2.75, 3.05) is 26.2 Å². The number of aliphatic carboxylic acids is 1. The summed E-state index contributed by atoms with van der Waals surface area (Å²) in [6.07, 6.45) is 2.28. The fourth-order valence-corrected chi connectivity index (χ4v) is 5.11. The molecule has 2 aliphatic heterocycles. The molecular weight excluding hydrogens is 414 g/mol. The summed E-state index contributed by atoms with van der Waals surface area (Å²) >= 11 is 6.44. The molecule has 0 aromatic heterocycles. The van der Waals surface area contributed by atoms with Crippen molar-refractivity contribution in [3.8, 4) is 11.5 Å². The lowest BCUT2D eigenvalue weighted by Gasteiger charge is -2.39. The van der Waals surface area contributed by atoms with Crippen LogP contribution < -0.4 is 9.47 Å². The van der Waals surface area contributed by atoms with Gasteiger partial charge in [0.05, 0.1) is 13.0 Å². The number of carbonyl (C=O) groups is 1. The summed E-state index contributed by atoms with van der Waals surface area (Å²) in [6.45, 7) is 7.73. The van der Waals surface area contributed by atoms with Crippen LogP contribution in [0.2, 0.25) is 5.02 Å². The number of hydrogen-bond acceptors (Lipinski definition) is 4. The van der Waals surface area contributed by atoms with Gasteiger partial charge >= 0.3 is 5.97 Å². The van der Waals surface area contributed by atoms with Gasteiger partial charge in [-0.2, -0.15) is 0 Å². The summed E-state index contributed by atoms with van der Waals surface area (Å²) in [5.74, 6) is 1.27. The first-order valence-electron chi connectivity index (χ1n) is 11.0. The maximum atomic E-state index is 11.0. The molecule has 6 heteroatoms. The molecule has 1 saturated heterocycles. The van der Waals surface area contributed by atoms with Gasteiger partial charge in [0.25, 0.3) is 0 Å². The minimum absolute atomic E-state index is 0.0574. The molecule has 166 valence electrons. The van der Waals surface area contributed by atoms with Gasteiger partial charge in [-0.15, -0.1) is 0 Å². The topological polar surface area (TPSA) is 59.0 Å². The molecule has 1 atom stereocenters. The van der Waals surface area contributed by atoms with Crippen molar-refractivity contribution in [1.82, 2.24) is 4.90 Å². The number of ether oxygens (including phenoxy) is 2. The minimum atomic E-state index is -0.747. The number of fused-ring (bicyclic) bond motifs is 2. The number of likely N-dealkylation sites (tertiary alicyclic amines) is 1. The van der Waals surface area contributed by atoms with E-state index in [1.54, 1.807) is 0 Å². The predicted molar refractivity (Wildman–Crippen MR) is 121 cm³/mol. The largest absolute Gasteiger partial charge is 0.492 e. The van der Waals surface area contributed by atoms with E-state index in [2.05, 4.69) is 30.9 Å². The van der Waals surface area contributed by atoms with Crippen molar-refractivity contribution in [3.05, 3.63) is 58.1 Å². The van der Waals surface area contributed by atoms with E-state index in [9.17, 15) is 4.79 Å². The molecule has 0 saturated carbocycles. The summed E-state index contributed by atoms with van der Waals surface area (Å²) in [4.78, 5) is 13.2. The molecule has 0 aliphatic carbocycles. The van der Waals surface area contributed by atoms with E-state index in [0.29, 0.717) is 25.7 Å². The van der Waals surface area contributed by atoms with Crippen LogP contribution in [0.15, 0.2) is 36.4 Å². The first kappa shape index (κ1) is 22.0. The zero-order chi connectivity index (χ0) is 22.0. The van der Waals surface area contributed by atoms with E-state index >= 15 is 0 Å². The number of benzene rings is 2. The quantitative estimate of drug-likeness (QED) is 0.633. The van der Waals surface area contributed by atoms with Crippen LogP contribution in [0.1, 0.15) is 55.7 Å². The van der Waals surface area contributed by atoms with Crippen LogP contribution in [0, 0.1) is 0 Å². The average Bonchev–Trinajstić information content (AvgIpc) is 3.08. The normalized spacial score (nSPS) is 20.6. The Morgan fingerprint density at radius 1 is 1.32 bits per heavy atom. The summed E-state index contributed by atoms with van der Waals surface area (Å²) in [7, 11) is 0. The number of rotatable bonds is 7. The number of piperidine rings is 1. The molecule has 1 fully saturated rings. The number of carboxylic acids is 1. The van der Waals surface area contributed by atoms with Gasteiger partial charge in [0.2, 0.25) is 0 Å². The Kier molecular flexibility index (Phi) is 6.44. The lowest BCUT2D eigenvalue weighted by atomic mass is 9.75. The van der Waals surface area contributed by atoms with E-state index in [1.165, 1.54) is 11.1 Å². The van der Waals surface area contributed by atoms with Crippen LogP contribution >= 0.6 is 11.6 Å². The highest BCUT2D eigenvalue weighted by atomic mass is 35.5. The van der Waals surface area contributed by atoms with Crippen LogP contribution in [0.4, 0.5) is 0 Å². The standard InChI is InChI=1S/C25H30ClNO4/c1-17(2)19-5-3-6-22(26)20(19)14-30-18-7-8-21-23(13-18)31-16-25(21)10-4-11-27(15-25)12-9-24(28)29/h3,5-8,13,17H,4,9-12,14-16H2,1-2H3,(H,28,29). The number of carboxylic acid groups (broad SMARTS) is 1. The van der Waals surface area contributed by atoms with Crippen molar-refractivity contribution >= 4 is 17.6 Å². The van der Waals surface area contributed by atoms with Gasteiger partial charge in [-0.3, -0.25) is 4.79 Å². The second-order valence-corrected chi connectivity index (χ2v) is 9.41. The van der Waals surface area contributed by atoms with Crippen molar-refractivity contribution in [2.24, 2.45) is 0 Å². The first-order valence-corrected chi connectivity index (χ1v) is 11.4. The Hall–Kier alpha value is -2.24. The zero-order valence-electron chi connectivity index (χ0n) is 18.2. The second-order valence-electron chi connectivity index (χ2n) is 9.00. The molecule has 0 amide bonds. The summed E-state index contributed by atoms with van der Waals surface area (Å²) in [5, 5.41) is 9.74. The smallest absolute Gasteiger partial charge is 0.304 e. The molecule has 0 radical (unpaired) electrons. The van der Waals surface area contributed by atoms with Gasteiger partial charge in [0.1, 0.15) is 18.1 Å². The van der Waals surface area contributed by atoms with Crippen LogP contribution in [-0.2, 0) is 16.8 Å². The maximum Gasteiger partial charge on any atom is 0.304 e. The van der Waals surface area contributed by atoms with Gasteiger partial charge in [-0.1, -0.05) is 43.6 Å². The number of halogens is 1. The molecule has 2 heterocycles. The van der Waals surface area contributed by atoms with Crippen LogP contribution in [-0.4, -0.2) is 42.2 Å². The third-order valence-corrected chi connectivity index (χ3v) is 6.84. The molecule has 2 aromatic rings. The van der Waals surface area contributed by atoms with E-state index in [-0.39, 0.29) is 11.8 Å². The molecule has 1 unspecified atom stereocenters. The highest BCUT2D eigenvalue weighted by Gasteiger charge is 2.43. The minimum Gasteiger partial charge on any atom is -0.492 e. The molecule has 2 aromatic carbocycles. The van der Waals surface area contributed by atoms with Gasteiger partial charge < -0.3 is 19.5 Å². The Morgan fingerprint density at radius 2 is 2.16 bits per heavy atom. The third-order valence-electron chi connectivity index (χ3n) is 6.49. The maximum absolute atomic E-state index is 11.0. The molecule has 0 bridgehead atoms. The van der Waals surface area contributed by atoms with Crippen LogP contribution in [0.3, 0.4) is 0 Å². The van der Waals surface area contributed by atoms with Gasteiger partial charge in [0.15, 0.2) is 0 Å². The van der Waals surface area contributed by atoms with Crippen molar-refractivity contribution < 1.29 is 19.4 Å². The Morgan fingerprint density at radius 3 is 2.94 bits per heavy atom. The molecule has 1 spiro atoms.